The molecule has 0 nitrogen and oxygen atoms in total. The van der Waals surface area contributed by atoms with Crippen LogP contribution in [-0.4, -0.2) is 6.16 Å². The van der Waals surface area contributed by atoms with Gasteiger partial charge in [-0.25, -0.2) is 0 Å². The molecule has 0 aromatic carbocycles. The quantitative estimate of drug-likeness (QED) is 0.377. The molecule has 1 unspecified atom stereocenters. The highest BCUT2D eigenvalue weighted by atomic mass is 31.0. The molecule has 0 aromatic heterocycles. The molecule has 0 spiro atoms. The van der Waals surface area contributed by atoms with Crippen molar-refractivity contribution in [2.75, 3.05) is 6.16 Å². The molecule has 0 saturated heterocycles. The fraction of sp³-hybridized carbons (Fsp3) is 1.00. The molecule has 1 atom stereocenters. The lowest BCUT2D eigenvalue weighted by atomic mass is 9.97. The average molecular weight is 202 g/mol. The minimum atomic E-state index is 0.989. The summed E-state index contributed by atoms with van der Waals surface area (Å²) in [4.78, 5) is 0. The maximum atomic E-state index is 2.91. The van der Waals surface area contributed by atoms with E-state index >= 15 is 0 Å². The van der Waals surface area contributed by atoms with Crippen LogP contribution in [0.4, 0.5) is 0 Å². The highest BCUT2D eigenvalue weighted by molar-refractivity contribution is 7.16. The van der Waals surface area contributed by atoms with E-state index in [1.165, 1.54) is 57.5 Å². The van der Waals surface area contributed by atoms with Crippen molar-refractivity contribution in [2.24, 2.45) is 5.92 Å². The van der Waals surface area contributed by atoms with Crippen molar-refractivity contribution in [1.29, 1.82) is 0 Å². The molecule has 0 fully saturated rings. The zero-order valence-corrected chi connectivity index (χ0v) is 10.7. The molecule has 0 radical (unpaired) electrons. The molecule has 0 bridgehead atoms. The summed E-state index contributed by atoms with van der Waals surface area (Å²) >= 11 is 0. The first kappa shape index (κ1) is 13.4. The summed E-state index contributed by atoms with van der Waals surface area (Å²) in [5.74, 6) is 0.989. The third-order valence-electron chi connectivity index (χ3n) is 2.77. The van der Waals surface area contributed by atoms with E-state index in [2.05, 4.69) is 23.1 Å². The van der Waals surface area contributed by atoms with Crippen LogP contribution in [0.15, 0.2) is 0 Å². The van der Waals surface area contributed by atoms with Crippen molar-refractivity contribution >= 4 is 9.24 Å². The maximum Gasteiger partial charge on any atom is -0.0353 e. The van der Waals surface area contributed by atoms with Gasteiger partial charge in [-0.05, 0) is 12.1 Å². The first-order valence-electron chi connectivity index (χ1n) is 6.05. The molecule has 0 aliphatic carbocycles. The molecule has 0 rings (SSSR count). The van der Waals surface area contributed by atoms with Crippen molar-refractivity contribution in [1.82, 2.24) is 0 Å². The van der Waals surface area contributed by atoms with Crippen LogP contribution in [-0.2, 0) is 0 Å². The molecule has 0 aliphatic heterocycles. The van der Waals surface area contributed by atoms with E-state index in [9.17, 15) is 0 Å². The van der Waals surface area contributed by atoms with Gasteiger partial charge in [0.05, 0.1) is 0 Å². The van der Waals surface area contributed by atoms with Crippen LogP contribution in [0.25, 0.3) is 0 Å². The predicted octanol–water partition coefficient (Wildman–Crippen LogP) is 4.64. The van der Waals surface area contributed by atoms with Crippen LogP contribution in [0.3, 0.4) is 0 Å². The lowest BCUT2D eigenvalue weighted by molar-refractivity contribution is 0.448. The fourth-order valence-electron chi connectivity index (χ4n) is 1.75. The van der Waals surface area contributed by atoms with Gasteiger partial charge in [-0.2, -0.15) is 0 Å². The lowest BCUT2D eigenvalue weighted by Gasteiger charge is -2.13. The molecule has 0 aliphatic rings. The van der Waals surface area contributed by atoms with Crippen molar-refractivity contribution in [3.8, 4) is 0 Å². The topological polar surface area (TPSA) is 0 Å². The van der Waals surface area contributed by atoms with Crippen LogP contribution in [0.1, 0.15) is 65.2 Å². The zero-order valence-electron chi connectivity index (χ0n) is 9.52. The van der Waals surface area contributed by atoms with Gasteiger partial charge in [0.1, 0.15) is 0 Å². The van der Waals surface area contributed by atoms with Crippen molar-refractivity contribution in [3.63, 3.8) is 0 Å². The van der Waals surface area contributed by atoms with Gasteiger partial charge in [-0.15, -0.1) is 9.24 Å². The van der Waals surface area contributed by atoms with Crippen LogP contribution in [0.2, 0.25) is 0 Å². The molecule has 1 heteroatoms. The lowest BCUT2D eigenvalue weighted by Crippen LogP contribution is -2.01. The minimum absolute atomic E-state index is 0.989. The van der Waals surface area contributed by atoms with Gasteiger partial charge < -0.3 is 0 Å². The Kier molecular flexibility index (Phi) is 10.9. The smallest absolute Gasteiger partial charge is 0.0353 e. The summed E-state index contributed by atoms with van der Waals surface area (Å²) in [7, 11) is 2.91. The zero-order chi connectivity index (χ0) is 9.94. The molecule has 0 heterocycles. The molecule has 80 valence electrons. The first-order valence-corrected chi connectivity index (χ1v) is 6.86. The van der Waals surface area contributed by atoms with E-state index in [-0.39, 0.29) is 0 Å². The normalized spacial score (nSPS) is 11.1. The summed E-state index contributed by atoms with van der Waals surface area (Å²) in [5.41, 5.74) is 0. The standard InChI is InChI=1S/C12H27P/c1-3-5-7-9-12(11-13)10-8-6-4-2/h12H,3-11,13H2,1-2H3. The van der Waals surface area contributed by atoms with E-state index < -0.39 is 0 Å². The van der Waals surface area contributed by atoms with Gasteiger partial charge in [0.2, 0.25) is 0 Å². The second-order valence-corrected chi connectivity index (χ2v) is 4.56. The van der Waals surface area contributed by atoms with Gasteiger partial charge in [-0.3, -0.25) is 0 Å². The average Bonchev–Trinajstić information content (AvgIpc) is 2.16. The predicted molar refractivity (Wildman–Crippen MR) is 66.4 cm³/mol. The van der Waals surface area contributed by atoms with Crippen LogP contribution in [0.5, 0.6) is 0 Å². The van der Waals surface area contributed by atoms with Crippen LogP contribution < -0.4 is 0 Å². The monoisotopic (exact) mass is 202 g/mol. The highest BCUT2D eigenvalue weighted by Gasteiger charge is 2.04. The molecular weight excluding hydrogens is 175 g/mol. The third kappa shape index (κ3) is 8.75. The summed E-state index contributed by atoms with van der Waals surface area (Å²) in [6.07, 6.45) is 12.7. The van der Waals surface area contributed by atoms with Gasteiger partial charge in [0.15, 0.2) is 0 Å². The van der Waals surface area contributed by atoms with Gasteiger partial charge in [-0.1, -0.05) is 65.2 Å². The van der Waals surface area contributed by atoms with E-state index in [1.54, 1.807) is 0 Å². The molecule has 0 N–H and O–H groups in total. The van der Waals surface area contributed by atoms with Crippen LogP contribution in [0, 0.1) is 5.92 Å². The Morgan fingerprint density at radius 2 is 1.31 bits per heavy atom. The van der Waals surface area contributed by atoms with Gasteiger partial charge in [0, 0.05) is 0 Å². The molecular formula is C12H27P. The Balaban J connectivity index is 3.28. The Hall–Kier alpha value is 0.430. The van der Waals surface area contributed by atoms with E-state index in [1.807, 2.05) is 0 Å². The Labute approximate surface area is 87.1 Å². The molecule has 0 aromatic rings. The Bertz CT molecular complexity index is 81.1. The van der Waals surface area contributed by atoms with Crippen molar-refractivity contribution < 1.29 is 0 Å². The van der Waals surface area contributed by atoms with E-state index in [4.69, 9.17) is 0 Å². The Morgan fingerprint density at radius 1 is 0.846 bits per heavy atom. The van der Waals surface area contributed by atoms with Crippen LogP contribution >= 0.6 is 9.24 Å². The first-order chi connectivity index (χ1) is 6.35. The fourth-order valence-corrected chi connectivity index (χ4v) is 2.22. The second kappa shape index (κ2) is 10.5. The highest BCUT2D eigenvalue weighted by Crippen LogP contribution is 2.19. The van der Waals surface area contributed by atoms with Gasteiger partial charge in [0.25, 0.3) is 0 Å². The summed E-state index contributed by atoms with van der Waals surface area (Å²) in [6, 6.07) is 0. The largest absolute Gasteiger partial charge is 0.137 e. The SMILES string of the molecule is CCCCCC(CP)CCCCC. The van der Waals surface area contributed by atoms with Crippen molar-refractivity contribution in [3.05, 3.63) is 0 Å². The van der Waals surface area contributed by atoms with E-state index in [0.29, 0.717) is 0 Å². The Morgan fingerprint density at radius 3 is 1.62 bits per heavy atom. The number of hydrogen-bond donors (Lipinski definition) is 0. The van der Waals surface area contributed by atoms with Gasteiger partial charge >= 0.3 is 0 Å². The molecule has 0 amide bonds. The number of hydrogen-bond acceptors (Lipinski definition) is 0. The van der Waals surface area contributed by atoms with E-state index in [0.717, 1.165) is 5.92 Å². The number of unbranched alkanes of at least 4 members (excludes halogenated alkanes) is 4. The third-order valence-corrected chi connectivity index (χ3v) is 3.43. The van der Waals surface area contributed by atoms with Crippen molar-refractivity contribution in [2.45, 2.75) is 65.2 Å². The second-order valence-electron chi connectivity index (χ2n) is 4.09. The summed E-state index contributed by atoms with van der Waals surface area (Å²) < 4.78 is 0. The molecule has 0 saturated carbocycles. The minimum Gasteiger partial charge on any atom is -0.137 e. The maximum absolute atomic E-state index is 2.91. The molecule has 13 heavy (non-hydrogen) atoms. The number of rotatable bonds is 9. The summed E-state index contributed by atoms with van der Waals surface area (Å²) in [5, 5.41) is 0. The summed E-state index contributed by atoms with van der Waals surface area (Å²) in [6.45, 7) is 4.57.